The van der Waals surface area contributed by atoms with Gasteiger partial charge in [0.05, 0.1) is 7.11 Å². The van der Waals surface area contributed by atoms with Crippen molar-refractivity contribution < 1.29 is 9.53 Å². The van der Waals surface area contributed by atoms with Gasteiger partial charge in [-0.1, -0.05) is 6.58 Å². The standard InChI is InChI=1S/C4H6O2.ClH.H3N/c1-3-4(5)6-2;;/h3H,1H2,2H3;1H;1H3. The molecular weight excluding hydrogens is 130 g/mol. The Labute approximate surface area is 54.7 Å². The topological polar surface area (TPSA) is 61.3 Å². The lowest BCUT2D eigenvalue weighted by Gasteiger charge is -1.83. The lowest BCUT2D eigenvalue weighted by atomic mass is 10.7. The maximum Gasteiger partial charge on any atom is 0.329 e. The van der Waals surface area contributed by atoms with Gasteiger partial charge in [-0.3, -0.25) is 0 Å². The fraction of sp³-hybridized carbons (Fsp3) is 0.250. The van der Waals surface area contributed by atoms with Gasteiger partial charge < -0.3 is 10.9 Å². The minimum absolute atomic E-state index is 0. The molecule has 0 bridgehead atoms. The summed E-state index contributed by atoms with van der Waals surface area (Å²) in [5.74, 6) is -0.394. The molecule has 0 spiro atoms. The Hall–Kier alpha value is -0.540. The molecule has 0 aliphatic heterocycles. The van der Waals surface area contributed by atoms with Crippen molar-refractivity contribution in [2.45, 2.75) is 0 Å². The smallest absolute Gasteiger partial charge is 0.329 e. The SMILES string of the molecule is C=CC(=O)OC.Cl.N. The van der Waals surface area contributed by atoms with Crippen LogP contribution in [0.4, 0.5) is 0 Å². The van der Waals surface area contributed by atoms with E-state index < -0.39 is 5.97 Å². The van der Waals surface area contributed by atoms with E-state index in [1.54, 1.807) is 0 Å². The highest BCUT2D eigenvalue weighted by Gasteiger charge is 1.81. The molecule has 4 heteroatoms. The van der Waals surface area contributed by atoms with E-state index in [4.69, 9.17) is 0 Å². The van der Waals surface area contributed by atoms with E-state index in [2.05, 4.69) is 11.3 Å². The number of carbonyl (C=O) groups excluding carboxylic acids is 1. The molecule has 0 rings (SSSR count). The number of methoxy groups -OCH3 is 1. The van der Waals surface area contributed by atoms with Crippen molar-refractivity contribution in [1.82, 2.24) is 6.15 Å². The first-order valence-corrected chi connectivity index (χ1v) is 1.51. The van der Waals surface area contributed by atoms with Crippen molar-refractivity contribution >= 4 is 18.4 Å². The molecule has 0 saturated carbocycles. The van der Waals surface area contributed by atoms with Crippen LogP contribution in [0.2, 0.25) is 0 Å². The van der Waals surface area contributed by atoms with E-state index in [0.29, 0.717) is 0 Å². The maximum atomic E-state index is 9.84. The van der Waals surface area contributed by atoms with Gasteiger partial charge in [0.2, 0.25) is 0 Å². The number of hydrogen-bond donors (Lipinski definition) is 1. The first-order chi connectivity index (χ1) is 2.81. The van der Waals surface area contributed by atoms with Gasteiger partial charge in [0.25, 0.3) is 0 Å². The summed E-state index contributed by atoms with van der Waals surface area (Å²) < 4.78 is 4.14. The van der Waals surface area contributed by atoms with Crippen molar-refractivity contribution in [3.05, 3.63) is 12.7 Å². The summed E-state index contributed by atoms with van der Waals surface area (Å²) in [6.07, 6.45) is 1.11. The number of rotatable bonds is 1. The van der Waals surface area contributed by atoms with Crippen LogP contribution in [-0.2, 0) is 9.53 Å². The lowest BCUT2D eigenvalue weighted by Crippen LogP contribution is -1.91. The molecule has 3 nitrogen and oxygen atoms in total. The highest BCUT2D eigenvalue weighted by Crippen LogP contribution is 1.67. The molecule has 0 atom stereocenters. The molecule has 0 aromatic rings. The molecule has 0 aliphatic carbocycles. The van der Waals surface area contributed by atoms with Crippen LogP contribution in [0.3, 0.4) is 0 Å². The van der Waals surface area contributed by atoms with Crippen molar-refractivity contribution in [3.63, 3.8) is 0 Å². The fourth-order valence-electron chi connectivity index (χ4n) is 0.0833. The molecular formula is C4H10ClNO2. The zero-order valence-corrected chi connectivity index (χ0v) is 5.53. The summed E-state index contributed by atoms with van der Waals surface area (Å²) in [7, 11) is 1.31. The van der Waals surface area contributed by atoms with Crippen LogP contribution >= 0.6 is 12.4 Å². The lowest BCUT2D eigenvalue weighted by molar-refractivity contribution is -0.134. The van der Waals surface area contributed by atoms with Crippen LogP contribution in [-0.4, -0.2) is 13.1 Å². The molecule has 3 N–H and O–H groups in total. The van der Waals surface area contributed by atoms with Gasteiger partial charge >= 0.3 is 5.97 Å². The second-order valence-corrected chi connectivity index (χ2v) is 0.727. The summed E-state index contributed by atoms with van der Waals surface area (Å²) in [6, 6.07) is 0. The van der Waals surface area contributed by atoms with Crippen LogP contribution in [0, 0.1) is 0 Å². The molecule has 0 heterocycles. The summed E-state index contributed by atoms with van der Waals surface area (Å²) in [5.41, 5.74) is 0. The van der Waals surface area contributed by atoms with Crippen LogP contribution < -0.4 is 6.15 Å². The molecule has 0 aliphatic rings. The number of carbonyl (C=O) groups is 1. The summed E-state index contributed by atoms with van der Waals surface area (Å²) in [4.78, 5) is 9.84. The predicted octanol–water partition coefficient (Wildman–Crippen LogP) is 0.929. The highest BCUT2D eigenvalue weighted by atomic mass is 35.5. The molecule has 0 radical (unpaired) electrons. The Morgan fingerprint density at radius 3 is 2.12 bits per heavy atom. The zero-order valence-electron chi connectivity index (χ0n) is 4.72. The van der Waals surface area contributed by atoms with Crippen LogP contribution in [0.25, 0.3) is 0 Å². The van der Waals surface area contributed by atoms with E-state index in [9.17, 15) is 4.79 Å². The molecule has 0 aromatic heterocycles. The summed E-state index contributed by atoms with van der Waals surface area (Å²) in [6.45, 7) is 3.16. The largest absolute Gasteiger partial charge is 0.466 e. The zero-order chi connectivity index (χ0) is 4.99. The number of hydrogen-bond acceptors (Lipinski definition) is 3. The number of esters is 1. The Morgan fingerprint density at radius 2 is 2.12 bits per heavy atom. The fourth-order valence-corrected chi connectivity index (χ4v) is 0.0833. The second-order valence-electron chi connectivity index (χ2n) is 0.727. The van der Waals surface area contributed by atoms with E-state index in [-0.39, 0.29) is 18.6 Å². The van der Waals surface area contributed by atoms with Gasteiger partial charge in [-0.15, -0.1) is 12.4 Å². The minimum Gasteiger partial charge on any atom is -0.466 e. The van der Waals surface area contributed by atoms with Gasteiger partial charge in [0.15, 0.2) is 0 Å². The third-order valence-corrected chi connectivity index (χ3v) is 0.368. The average Bonchev–Trinajstić information content (AvgIpc) is 1.65. The van der Waals surface area contributed by atoms with Gasteiger partial charge in [-0.05, 0) is 0 Å². The quantitative estimate of drug-likeness (QED) is 0.434. The first-order valence-electron chi connectivity index (χ1n) is 1.51. The van der Waals surface area contributed by atoms with Gasteiger partial charge in [-0.2, -0.15) is 0 Å². The average molecular weight is 140 g/mol. The molecule has 0 aromatic carbocycles. The molecule has 0 unspecified atom stereocenters. The Morgan fingerprint density at radius 1 is 1.75 bits per heavy atom. The molecule has 0 amide bonds. The second kappa shape index (κ2) is 9.68. The van der Waals surface area contributed by atoms with Gasteiger partial charge in [0.1, 0.15) is 0 Å². The Bertz CT molecular complexity index is 74.4. The van der Waals surface area contributed by atoms with Gasteiger partial charge in [-0.25, -0.2) is 4.79 Å². The van der Waals surface area contributed by atoms with Crippen molar-refractivity contribution in [2.75, 3.05) is 7.11 Å². The summed E-state index contributed by atoms with van der Waals surface area (Å²) in [5, 5.41) is 0. The number of ether oxygens (including phenoxy) is 1. The van der Waals surface area contributed by atoms with Crippen molar-refractivity contribution in [3.8, 4) is 0 Å². The van der Waals surface area contributed by atoms with Crippen LogP contribution in [0.1, 0.15) is 0 Å². The first kappa shape index (κ1) is 15.7. The van der Waals surface area contributed by atoms with Crippen molar-refractivity contribution in [1.29, 1.82) is 0 Å². The molecule has 8 heavy (non-hydrogen) atoms. The monoisotopic (exact) mass is 139 g/mol. The number of halogens is 1. The van der Waals surface area contributed by atoms with Crippen molar-refractivity contribution in [2.24, 2.45) is 0 Å². The normalized spacial score (nSPS) is 5.12. The van der Waals surface area contributed by atoms with E-state index in [1.807, 2.05) is 0 Å². The van der Waals surface area contributed by atoms with Crippen LogP contribution in [0.15, 0.2) is 12.7 Å². The molecule has 0 saturated heterocycles. The van der Waals surface area contributed by atoms with Crippen LogP contribution in [0.5, 0.6) is 0 Å². The highest BCUT2D eigenvalue weighted by molar-refractivity contribution is 5.85. The van der Waals surface area contributed by atoms with E-state index in [0.717, 1.165) is 6.08 Å². The Kier molecular flexibility index (Phi) is 18.9. The van der Waals surface area contributed by atoms with E-state index >= 15 is 0 Å². The van der Waals surface area contributed by atoms with Gasteiger partial charge in [0, 0.05) is 6.08 Å². The molecule has 0 fully saturated rings. The van der Waals surface area contributed by atoms with E-state index in [1.165, 1.54) is 7.11 Å². The molecule has 50 valence electrons. The minimum atomic E-state index is -0.394. The third-order valence-electron chi connectivity index (χ3n) is 0.368. The maximum absolute atomic E-state index is 9.84. The summed E-state index contributed by atoms with van der Waals surface area (Å²) >= 11 is 0. The predicted molar refractivity (Wildman–Crippen MR) is 34.5 cm³/mol. The Balaban J connectivity index is -0.000000125. The third kappa shape index (κ3) is 9.07.